The van der Waals surface area contributed by atoms with Crippen LogP contribution >= 0.6 is 46.4 Å². The number of nitrogens with two attached hydrogens (primary N) is 1. The Morgan fingerprint density at radius 1 is 0.941 bits per heavy atom. The van der Waals surface area contributed by atoms with Crippen molar-refractivity contribution in [2.24, 2.45) is 0 Å². The van der Waals surface area contributed by atoms with Crippen LogP contribution in [0, 0.1) is 0 Å². The fourth-order valence-corrected chi connectivity index (χ4v) is 2.35. The molecule has 0 unspecified atom stereocenters. The summed E-state index contributed by atoms with van der Waals surface area (Å²) in [6.07, 6.45) is 1.51. The number of nitrogen functional groups attached to an aromatic ring is 1. The molecule has 0 atom stereocenters. The number of hydrogen-bond donors (Lipinski definition) is 1. The minimum absolute atomic E-state index is 0.318. The lowest BCUT2D eigenvalue weighted by Gasteiger charge is -2.09. The maximum atomic E-state index is 6.10. The predicted octanol–water partition coefficient (Wildman–Crippen LogP) is 4.94. The Bertz CT molecular complexity index is 540. The van der Waals surface area contributed by atoms with Crippen molar-refractivity contribution in [2.45, 2.75) is 0 Å². The van der Waals surface area contributed by atoms with Crippen LogP contribution < -0.4 is 5.73 Å². The van der Waals surface area contributed by atoms with Gasteiger partial charge in [0.25, 0.3) is 0 Å². The van der Waals surface area contributed by atoms with Gasteiger partial charge < -0.3 is 5.73 Å². The van der Waals surface area contributed by atoms with Crippen LogP contribution in [0.4, 0.5) is 5.69 Å². The van der Waals surface area contributed by atoms with Crippen LogP contribution in [0.1, 0.15) is 0 Å². The van der Waals surface area contributed by atoms with Crippen LogP contribution in [-0.2, 0) is 0 Å². The summed E-state index contributed by atoms with van der Waals surface area (Å²) >= 11 is 24.1. The summed E-state index contributed by atoms with van der Waals surface area (Å²) in [5.74, 6) is 0. The fraction of sp³-hybridized carbons (Fsp3) is 0. The molecule has 1 aromatic heterocycles. The van der Waals surface area contributed by atoms with Crippen LogP contribution in [0.5, 0.6) is 0 Å². The molecule has 2 nitrogen and oxygen atoms in total. The van der Waals surface area contributed by atoms with Crippen LogP contribution in [0.15, 0.2) is 24.4 Å². The highest BCUT2D eigenvalue weighted by Gasteiger charge is 2.16. The van der Waals surface area contributed by atoms with Gasteiger partial charge in [0.1, 0.15) is 0 Å². The summed E-state index contributed by atoms with van der Waals surface area (Å²) < 4.78 is 0. The first-order valence-electron chi connectivity index (χ1n) is 4.55. The van der Waals surface area contributed by atoms with E-state index in [0.29, 0.717) is 37.0 Å². The largest absolute Gasteiger partial charge is 0.397 e. The van der Waals surface area contributed by atoms with Crippen molar-refractivity contribution in [1.29, 1.82) is 0 Å². The van der Waals surface area contributed by atoms with Gasteiger partial charge in [0, 0.05) is 5.56 Å². The molecule has 0 saturated carbocycles. The Hall–Kier alpha value is -0.670. The molecule has 0 aliphatic heterocycles. The molecule has 6 heteroatoms. The van der Waals surface area contributed by atoms with E-state index in [0.717, 1.165) is 0 Å². The third-order valence-corrected chi connectivity index (χ3v) is 3.73. The second-order valence-corrected chi connectivity index (χ2v) is 4.89. The van der Waals surface area contributed by atoms with Crippen molar-refractivity contribution >= 4 is 52.1 Å². The number of hydrogen-bond acceptors (Lipinski definition) is 2. The normalized spacial score (nSPS) is 10.6. The first kappa shape index (κ1) is 12.8. The monoisotopic (exact) mass is 306 g/mol. The van der Waals surface area contributed by atoms with E-state index >= 15 is 0 Å². The maximum Gasteiger partial charge on any atom is 0.0734 e. The average Bonchev–Trinajstić information content (AvgIpc) is 2.29. The molecule has 17 heavy (non-hydrogen) atoms. The number of pyridine rings is 1. The first-order chi connectivity index (χ1) is 8.00. The molecule has 0 bridgehead atoms. The lowest BCUT2D eigenvalue weighted by Crippen LogP contribution is -1.90. The molecule has 2 aromatic rings. The Labute approximate surface area is 118 Å². The van der Waals surface area contributed by atoms with Gasteiger partial charge in [-0.2, -0.15) is 0 Å². The van der Waals surface area contributed by atoms with Crippen molar-refractivity contribution in [1.82, 2.24) is 4.98 Å². The number of nitrogens with zero attached hydrogens (tertiary/aromatic N) is 1. The molecule has 0 fully saturated rings. The van der Waals surface area contributed by atoms with Crippen molar-refractivity contribution in [3.05, 3.63) is 44.5 Å². The van der Waals surface area contributed by atoms with Gasteiger partial charge in [-0.3, -0.25) is 4.98 Å². The van der Waals surface area contributed by atoms with Crippen LogP contribution in [-0.4, -0.2) is 4.98 Å². The Morgan fingerprint density at radius 3 is 2.00 bits per heavy atom. The minimum Gasteiger partial charge on any atom is -0.397 e. The number of aromatic nitrogens is 1. The summed E-state index contributed by atoms with van der Waals surface area (Å²) in [6.45, 7) is 0. The number of rotatable bonds is 1. The molecule has 0 spiro atoms. The molecule has 1 heterocycles. The second-order valence-electron chi connectivity index (χ2n) is 3.32. The zero-order valence-electron chi connectivity index (χ0n) is 8.35. The molecule has 0 radical (unpaired) electrons. The van der Waals surface area contributed by atoms with E-state index in [1.807, 2.05) is 0 Å². The first-order valence-corrected chi connectivity index (χ1v) is 6.06. The third-order valence-electron chi connectivity index (χ3n) is 2.15. The molecule has 0 aliphatic carbocycles. The number of halogens is 4. The van der Waals surface area contributed by atoms with E-state index in [1.54, 1.807) is 12.1 Å². The van der Waals surface area contributed by atoms with Crippen molar-refractivity contribution < 1.29 is 0 Å². The zero-order valence-corrected chi connectivity index (χ0v) is 11.4. The Morgan fingerprint density at radius 2 is 1.53 bits per heavy atom. The molecule has 0 aliphatic rings. The molecule has 2 N–H and O–H groups in total. The highest BCUT2D eigenvalue weighted by molar-refractivity contribution is 6.50. The van der Waals surface area contributed by atoms with Crippen molar-refractivity contribution in [3.8, 4) is 11.3 Å². The van der Waals surface area contributed by atoms with E-state index in [9.17, 15) is 0 Å². The third kappa shape index (κ3) is 2.45. The topological polar surface area (TPSA) is 38.9 Å². The summed E-state index contributed by atoms with van der Waals surface area (Å²) in [7, 11) is 0. The van der Waals surface area contributed by atoms with Crippen LogP contribution in [0.2, 0.25) is 20.1 Å². The van der Waals surface area contributed by atoms with Gasteiger partial charge in [-0.1, -0.05) is 46.4 Å². The van der Waals surface area contributed by atoms with Crippen LogP contribution in [0.25, 0.3) is 11.3 Å². The second kappa shape index (κ2) is 4.91. The summed E-state index contributed by atoms with van der Waals surface area (Å²) in [5.41, 5.74) is 7.18. The van der Waals surface area contributed by atoms with E-state index in [-0.39, 0.29) is 0 Å². The van der Waals surface area contributed by atoms with E-state index < -0.39 is 0 Å². The highest BCUT2D eigenvalue weighted by Crippen LogP contribution is 2.42. The Kier molecular flexibility index (Phi) is 3.69. The summed E-state index contributed by atoms with van der Waals surface area (Å²) in [5, 5.41) is 1.29. The van der Waals surface area contributed by atoms with Crippen LogP contribution in [0.3, 0.4) is 0 Å². The van der Waals surface area contributed by atoms with E-state index in [2.05, 4.69) is 4.98 Å². The van der Waals surface area contributed by atoms with Gasteiger partial charge in [0.2, 0.25) is 0 Å². The lowest BCUT2D eigenvalue weighted by molar-refractivity contribution is 1.33. The molecule has 88 valence electrons. The molecule has 1 aromatic carbocycles. The number of benzene rings is 1. The molecule has 2 rings (SSSR count). The number of anilines is 1. The van der Waals surface area contributed by atoms with E-state index in [4.69, 9.17) is 52.1 Å². The van der Waals surface area contributed by atoms with Gasteiger partial charge in [-0.25, -0.2) is 0 Å². The molecular weight excluding hydrogens is 302 g/mol. The maximum absolute atomic E-state index is 6.10. The van der Waals surface area contributed by atoms with Gasteiger partial charge in [0.05, 0.1) is 37.7 Å². The molecule has 0 amide bonds. The Balaban J connectivity index is 2.70. The minimum atomic E-state index is 0.318. The SMILES string of the molecule is Nc1ccc(-c2c(Cl)c(Cl)cc(Cl)c2Cl)nc1. The summed E-state index contributed by atoms with van der Waals surface area (Å²) in [4.78, 5) is 4.14. The van der Waals surface area contributed by atoms with Gasteiger partial charge >= 0.3 is 0 Å². The van der Waals surface area contributed by atoms with E-state index in [1.165, 1.54) is 12.3 Å². The van der Waals surface area contributed by atoms with Crippen molar-refractivity contribution in [3.63, 3.8) is 0 Å². The summed E-state index contributed by atoms with van der Waals surface area (Å²) in [6, 6.07) is 4.90. The average molecular weight is 308 g/mol. The zero-order chi connectivity index (χ0) is 12.6. The van der Waals surface area contributed by atoms with Crippen molar-refractivity contribution in [2.75, 3.05) is 5.73 Å². The highest BCUT2D eigenvalue weighted by atomic mass is 35.5. The fourth-order valence-electron chi connectivity index (χ4n) is 1.35. The molecule has 0 saturated heterocycles. The quantitative estimate of drug-likeness (QED) is 0.757. The predicted molar refractivity (Wildman–Crippen MR) is 74.1 cm³/mol. The molecular formula is C11H6Cl4N2. The smallest absolute Gasteiger partial charge is 0.0734 e. The van der Waals surface area contributed by atoms with Gasteiger partial charge in [-0.05, 0) is 18.2 Å². The van der Waals surface area contributed by atoms with Gasteiger partial charge in [0.15, 0.2) is 0 Å². The van der Waals surface area contributed by atoms with Gasteiger partial charge in [-0.15, -0.1) is 0 Å². The lowest BCUT2D eigenvalue weighted by atomic mass is 10.1. The standard InChI is InChI=1S/C11H6Cl4N2/c12-6-3-7(13)11(15)9(10(6)14)8-2-1-5(16)4-17-8/h1-4H,16H2.